The molecule has 0 N–H and O–H groups in total. The Morgan fingerprint density at radius 1 is 1.26 bits per heavy atom. The van der Waals surface area contributed by atoms with Crippen molar-refractivity contribution in [1.82, 2.24) is 4.90 Å². The lowest BCUT2D eigenvalue weighted by Gasteiger charge is -2.31. The van der Waals surface area contributed by atoms with Gasteiger partial charge in [-0.1, -0.05) is 0 Å². The summed E-state index contributed by atoms with van der Waals surface area (Å²) in [5.41, 5.74) is 0.896. The van der Waals surface area contributed by atoms with Crippen LogP contribution >= 0.6 is 11.3 Å². The Hall–Kier alpha value is -1.43. The molecule has 1 aromatic carbocycles. The lowest BCUT2D eigenvalue weighted by molar-refractivity contribution is 0.0289. The topological polar surface area (TPSA) is 21.7 Å². The van der Waals surface area contributed by atoms with Gasteiger partial charge in [0.05, 0.1) is 13.2 Å². The van der Waals surface area contributed by atoms with Gasteiger partial charge in [0.1, 0.15) is 0 Å². The molecule has 0 bridgehead atoms. The molecule has 0 aliphatic carbocycles. The van der Waals surface area contributed by atoms with E-state index in [1.807, 2.05) is 6.07 Å². The third kappa shape index (κ3) is 3.91. The number of hydrogen-bond donors (Lipinski definition) is 0. The molecule has 1 fully saturated rings. The third-order valence-corrected chi connectivity index (χ3v) is 5.39. The minimum absolute atomic E-state index is 0.282. The second-order valence-electron chi connectivity index (χ2n) is 5.85. The van der Waals surface area contributed by atoms with Crippen molar-refractivity contribution in [2.45, 2.75) is 25.5 Å². The lowest BCUT2D eigenvalue weighted by atomic mass is 10.1. The first-order chi connectivity index (χ1) is 11.2. The molecule has 1 aromatic heterocycles. The van der Waals surface area contributed by atoms with Crippen LogP contribution in [0.5, 0.6) is 5.75 Å². The van der Waals surface area contributed by atoms with E-state index in [2.05, 4.69) is 17.0 Å². The zero-order valence-electron chi connectivity index (χ0n) is 13.5. The number of halogens is 1. The number of methoxy groups -OCH3 is 2. The maximum Gasteiger partial charge on any atom is 0.165 e. The van der Waals surface area contributed by atoms with Crippen molar-refractivity contribution in [3.63, 3.8) is 0 Å². The average molecular weight is 335 g/mol. The van der Waals surface area contributed by atoms with Gasteiger partial charge in [0.2, 0.25) is 0 Å². The molecule has 1 aliphatic rings. The van der Waals surface area contributed by atoms with E-state index < -0.39 is 0 Å². The highest BCUT2D eigenvalue weighted by atomic mass is 32.1. The zero-order chi connectivity index (χ0) is 16.2. The normalized spacial score (nSPS) is 19.0. The summed E-state index contributed by atoms with van der Waals surface area (Å²) >= 11 is 1.72. The van der Waals surface area contributed by atoms with Crippen molar-refractivity contribution in [1.29, 1.82) is 0 Å². The molecule has 1 aliphatic heterocycles. The monoisotopic (exact) mass is 335 g/mol. The predicted molar refractivity (Wildman–Crippen MR) is 91.6 cm³/mol. The Balaban J connectivity index is 1.69. The lowest BCUT2D eigenvalue weighted by Crippen LogP contribution is -2.38. The van der Waals surface area contributed by atoms with Crippen LogP contribution < -0.4 is 4.74 Å². The SMILES string of the molecule is COc1ccc(-c2ccc(CN3CCCC(OC)C3)s2)cc1F. The summed E-state index contributed by atoms with van der Waals surface area (Å²) in [4.78, 5) is 4.82. The fraction of sp³-hybridized carbons (Fsp3) is 0.444. The van der Waals surface area contributed by atoms with Gasteiger partial charge in [0, 0.05) is 30.0 Å². The average Bonchev–Trinajstić information content (AvgIpc) is 3.03. The van der Waals surface area contributed by atoms with Gasteiger partial charge in [-0.05, 0) is 55.3 Å². The molecule has 1 unspecified atom stereocenters. The van der Waals surface area contributed by atoms with Crippen LogP contribution in [0, 0.1) is 5.82 Å². The Bertz CT molecular complexity index is 658. The van der Waals surface area contributed by atoms with Gasteiger partial charge in [0.15, 0.2) is 11.6 Å². The molecule has 1 atom stereocenters. The summed E-state index contributed by atoms with van der Waals surface area (Å²) in [6.07, 6.45) is 2.67. The quantitative estimate of drug-likeness (QED) is 0.818. The number of ether oxygens (including phenoxy) is 2. The van der Waals surface area contributed by atoms with Crippen LogP contribution in [0.3, 0.4) is 0 Å². The largest absolute Gasteiger partial charge is 0.494 e. The Kier molecular flexibility index (Phi) is 5.30. The fourth-order valence-corrected chi connectivity index (χ4v) is 4.05. The molecule has 0 radical (unpaired) electrons. The van der Waals surface area contributed by atoms with E-state index in [9.17, 15) is 4.39 Å². The molecule has 0 spiro atoms. The first kappa shape index (κ1) is 16.4. The summed E-state index contributed by atoms with van der Waals surface area (Å²) in [5.74, 6) is -0.0385. The Morgan fingerprint density at radius 3 is 2.87 bits per heavy atom. The van der Waals surface area contributed by atoms with Crippen molar-refractivity contribution in [3.8, 4) is 16.2 Å². The van der Waals surface area contributed by atoms with Crippen LogP contribution in [-0.2, 0) is 11.3 Å². The highest BCUT2D eigenvalue weighted by Gasteiger charge is 2.20. The van der Waals surface area contributed by atoms with Crippen molar-refractivity contribution < 1.29 is 13.9 Å². The number of hydrogen-bond acceptors (Lipinski definition) is 4. The standard InChI is InChI=1S/C18H22FNO2S/c1-21-14-4-3-9-20(11-14)12-15-6-8-18(23-15)13-5-7-17(22-2)16(19)10-13/h5-8,10,14H,3-4,9,11-12H2,1-2H3. The maximum absolute atomic E-state index is 13.9. The molecule has 0 saturated carbocycles. The van der Waals surface area contributed by atoms with Crippen LogP contribution in [0.1, 0.15) is 17.7 Å². The van der Waals surface area contributed by atoms with Gasteiger partial charge in [-0.2, -0.15) is 0 Å². The molecule has 1 saturated heterocycles. The van der Waals surface area contributed by atoms with Gasteiger partial charge < -0.3 is 9.47 Å². The van der Waals surface area contributed by atoms with Crippen molar-refractivity contribution in [3.05, 3.63) is 41.0 Å². The maximum atomic E-state index is 13.9. The molecule has 2 aromatic rings. The molecule has 5 heteroatoms. The van der Waals surface area contributed by atoms with Crippen molar-refractivity contribution >= 4 is 11.3 Å². The Labute approximate surface area is 140 Å². The van der Waals surface area contributed by atoms with Gasteiger partial charge >= 0.3 is 0 Å². The number of likely N-dealkylation sites (tertiary alicyclic amines) is 1. The Morgan fingerprint density at radius 2 is 2.13 bits per heavy atom. The summed E-state index contributed by atoms with van der Waals surface area (Å²) in [7, 11) is 3.27. The zero-order valence-corrected chi connectivity index (χ0v) is 14.4. The molecular formula is C18H22FNO2S. The summed E-state index contributed by atoms with van der Waals surface area (Å²) < 4.78 is 24.3. The van der Waals surface area contributed by atoms with Gasteiger partial charge in [-0.15, -0.1) is 11.3 Å². The smallest absolute Gasteiger partial charge is 0.165 e. The number of rotatable bonds is 5. The van der Waals surface area contributed by atoms with Gasteiger partial charge in [0.25, 0.3) is 0 Å². The van der Waals surface area contributed by atoms with E-state index in [1.165, 1.54) is 24.5 Å². The summed E-state index contributed by atoms with van der Waals surface area (Å²) in [6, 6.07) is 9.32. The van der Waals surface area contributed by atoms with E-state index in [0.29, 0.717) is 6.10 Å². The predicted octanol–water partition coefficient (Wildman–Crippen LogP) is 4.17. The van der Waals surface area contributed by atoms with Crippen molar-refractivity contribution in [2.75, 3.05) is 27.3 Å². The number of thiophene rings is 1. The molecule has 3 nitrogen and oxygen atoms in total. The molecule has 2 heterocycles. The van der Waals surface area contributed by atoms with E-state index >= 15 is 0 Å². The molecular weight excluding hydrogens is 313 g/mol. The van der Waals surface area contributed by atoms with E-state index in [0.717, 1.165) is 36.5 Å². The van der Waals surface area contributed by atoms with Crippen LogP contribution in [0.2, 0.25) is 0 Å². The molecule has 0 amide bonds. The minimum Gasteiger partial charge on any atom is -0.494 e. The van der Waals surface area contributed by atoms with Gasteiger partial charge in [-0.25, -0.2) is 4.39 Å². The van der Waals surface area contributed by atoms with Crippen molar-refractivity contribution in [2.24, 2.45) is 0 Å². The molecule has 3 rings (SSSR count). The first-order valence-electron chi connectivity index (χ1n) is 7.87. The highest BCUT2D eigenvalue weighted by Crippen LogP contribution is 2.32. The van der Waals surface area contributed by atoms with E-state index in [1.54, 1.807) is 24.5 Å². The first-order valence-corrected chi connectivity index (χ1v) is 8.69. The number of piperidine rings is 1. The summed E-state index contributed by atoms with van der Waals surface area (Å²) in [5, 5.41) is 0. The minimum atomic E-state index is -0.320. The van der Waals surface area contributed by atoms with Crippen LogP contribution in [0.25, 0.3) is 10.4 Å². The fourth-order valence-electron chi connectivity index (χ4n) is 3.01. The summed E-state index contributed by atoms with van der Waals surface area (Å²) in [6.45, 7) is 3.04. The van der Waals surface area contributed by atoms with E-state index in [4.69, 9.17) is 9.47 Å². The van der Waals surface area contributed by atoms with E-state index in [-0.39, 0.29) is 11.6 Å². The third-order valence-electron chi connectivity index (χ3n) is 4.27. The van der Waals surface area contributed by atoms with Crippen LogP contribution in [-0.4, -0.2) is 38.3 Å². The number of benzene rings is 1. The van der Waals surface area contributed by atoms with Gasteiger partial charge in [-0.3, -0.25) is 4.90 Å². The second kappa shape index (κ2) is 7.43. The second-order valence-corrected chi connectivity index (χ2v) is 7.02. The molecule has 124 valence electrons. The van der Waals surface area contributed by atoms with Crippen LogP contribution in [0.15, 0.2) is 30.3 Å². The van der Waals surface area contributed by atoms with Crippen LogP contribution in [0.4, 0.5) is 4.39 Å². The number of nitrogens with zero attached hydrogens (tertiary/aromatic N) is 1. The highest BCUT2D eigenvalue weighted by molar-refractivity contribution is 7.15. The molecule has 23 heavy (non-hydrogen) atoms.